The molecule has 6 heteroatoms. The van der Waals surface area contributed by atoms with Crippen molar-refractivity contribution in [3.05, 3.63) is 88.8 Å². The first-order valence-corrected chi connectivity index (χ1v) is 9.07. The molecule has 1 aliphatic rings. The van der Waals surface area contributed by atoms with Crippen LogP contribution < -0.4 is 0 Å². The minimum absolute atomic E-state index is 0.232. The number of hydrogen-bond acceptors (Lipinski definition) is 4. The second-order valence-electron chi connectivity index (χ2n) is 5.97. The Hall–Kier alpha value is -3.12. The maximum absolute atomic E-state index is 13.4. The first-order valence-electron chi connectivity index (χ1n) is 8.25. The molecular weight excluding hydrogens is 365 g/mol. The highest BCUT2D eigenvalue weighted by atomic mass is 32.2. The molecule has 1 fully saturated rings. The van der Waals surface area contributed by atoms with Gasteiger partial charge in [0, 0.05) is 11.6 Å². The third-order valence-corrected chi connectivity index (χ3v) is 4.97. The summed E-state index contributed by atoms with van der Waals surface area (Å²) in [5.74, 6) is 0.216. The number of benzene rings is 2. The van der Waals surface area contributed by atoms with Gasteiger partial charge in [-0.05, 0) is 41.6 Å². The van der Waals surface area contributed by atoms with Crippen molar-refractivity contribution in [2.75, 3.05) is 0 Å². The molecule has 0 spiro atoms. The van der Waals surface area contributed by atoms with Crippen LogP contribution in [-0.4, -0.2) is 16.0 Å². The molecular formula is C21H14FNO3S. The van der Waals surface area contributed by atoms with E-state index in [0.717, 1.165) is 17.3 Å². The van der Waals surface area contributed by atoms with E-state index in [2.05, 4.69) is 0 Å². The number of amides is 2. The summed E-state index contributed by atoms with van der Waals surface area (Å²) >= 11 is 0.882. The molecule has 1 saturated heterocycles. The van der Waals surface area contributed by atoms with Crippen molar-refractivity contribution in [2.24, 2.45) is 0 Å². The minimum Gasteiger partial charge on any atom is -0.457 e. The molecule has 2 amide bonds. The Bertz CT molecular complexity index is 1040. The van der Waals surface area contributed by atoms with Crippen LogP contribution in [0.3, 0.4) is 0 Å². The average molecular weight is 379 g/mol. The first-order chi connectivity index (χ1) is 13.1. The zero-order valence-electron chi connectivity index (χ0n) is 14.1. The van der Waals surface area contributed by atoms with Gasteiger partial charge >= 0.3 is 0 Å². The highest BCUT2D eigenvalue weighted by Gasteiger charge is 2.35. The normalized spacial score (nSPS) is 15.7. The lowest BCUT2D eigenvalue weighted by Gasteiger charge is -2.11. The fourth-order valence-electron chi connectivity index (χ4n) is 2.76. The van der Waals surface area contributed by atoms with Gasteiger partial charge in [0.25, 0.3) is 11.1 Å². The van der Waals surface area contributed by atoms with Gasteiger partial charge in [0.15, 0.2) is 0 Å². The number of nitrogens with zero attached hydrogens (tertiary/aromatic N) is 1. The van der Waals surface area contributed by atoms with Crippen LogP contribution in [0.4, 0.5) is 9.18 Å². The maximum Gasteiger partial charge on any atom is 0.293 e. The number of thioether (sulfide) groups is 1. The SMILES string of the molecule is O=C1S/C(=C\c2ccc(-c3cccc(F)c3)o2)C(=O)N1Cc1ccccc1. The number of carbonyl (C=O) groups is 2. The summed E-state index contributed by atoms with van der Waals surface area (Å²) in [5.41, 5.74) is 1.49. The zero-order chi connectivity index (χ0) is 18.8. The van der Waals surface area contributed by atoms with Crippen LogP contribution in [-0.2, 0) is 11.3 Å². The third-order valence-electron chi connectivity index (χ3n) is 4.07. The van der Waals surface area contributed by atoms with Crippen LogP contribution in [0.15, 0.2) is 76.1 Å². The van der Waals surface area contributed by atoms with Crippen molar-refractivity contribution in [2.45, 2.75) is 6.54 Å². The summed E-state index contributed by atoms with van der Waals surface area (Å²) in [6.45, 7) is 0.232. The Morgan fingerprint density at radius 3 is 2.59 bits per heavy atom. The quantitative estimate of drug-likeness (QED) is 0.576. The maximum atomic E-state index is 13.4. The molecule has 0 saturated carbocycles. The molecule has 0 radical (unpaired) electrons. The fraction of sp³-hybridized carbons (Fsp3) is 0.0476. The number of rotatable bonds is 4. The van der Waals surface area contributed by atoms with E-state index in [1.165, 1.54) is 17.0 Å². The van der Waals surface area contributed by atoms with E-state index in [0.29, 0.717) is 22.0 Å². The minimum atomic E-state index is -0.354. The lowest BCUT2D eigenvalue weighted by Crippen LogP contribution is -2.27. The van der Waals surface area contributed by atoms with Gasteiger partial charge < -0.3 is 4.42 Å². The van der Waals surface area contributed by atoms with Crippen LogP contribution >= 0.6 is 11.8 Å². The van der Waals surface area contributed by atoms with Gasteiger partial charge in [-0.1, -0.05) is 42.5 Å². The van der Waals surface area contributed by atoms with E-state index in [4.69, 9.17) is 4.42 Å². The van der Waals surface area contributed by atoms with E-state index in [9.17, 15) is 14.0 Å². The van der Waals surface area contributed by atoms with Crippen molar-refractivity contribution in [3.63, 3.8) is 0 Å². The van der Waals surface area contributed by atoms with Gasteiger partial charge in [0.2, 0.25) is 0 Å². The molecule has 1 aromatic heterocycles. The molecule has 2 heterocycles. The summed E-state index contributed by atoms with van der Waals surface area (Å²) in [5, 5.41) is -0.313. The highest BCUT2D eigenvalue weighted by Crippen LogP contribution is 2.34. The molecule has 0 aliphatic carbocycles. The molecule has 3 aromatic rings. The predicted octanol–water partition coefficient (Wildman–Crippen LogP) is 5.32. The van der Waals surface area contributed by atoms with E-state index < -0.39 is 0 Å². The Kier molecular flexibility index (Phi) is 4.64. The molecule has 1 aliphatic heterocycles. The van der Waals surface area contributed by atoms with Crippen LogP contribution in [0.1, 0.15) is 11.3 Å². The van der Waals surface area contributed by atoms with Crippen molar-refractivity contribution >= 4 is 29.0 Å². The van der Waals surface area contributed by atoms with Gasteiger partial charge in [-0.25, -0.2) is 4.39 Å². The molecule has 0 atom stereocenters. The van der Waals surface area contributed by atoms with Crippen molar-refractivity contribution < 1.29 is 18.4 Å². The fourth-order valence-corrected chi connectivity index (χ4v) is 3.58. The molecule has 0 N–H and O–H groups in total. The molecule has 134 valence electrons. The standard InChI is InChI=1S/C21H14FNO3S/c22-16-8-4-7-15(11-16)18-10-9-17(26-18)12-19-20(24)23(21(25)27-19)13-14-5-2-1-3-6-14/h1-12H,13H2/b19-12-. The van der Waals surface area contributed by atoms with Crippen LogP contribution in [0.5, 0.6) is 0 Å². The first kappa shape index (κ1) is 17.3. The number of carbonyl (C=O) groups excluding carboxylic acids is 2. The molecule has 4 rings (SSSR count). The van der Waals surface area contributed by atoms with Crippen LogP contribution in [0, 0.1) is 5.82 Å². The third kappa shape index (κ3) is 3.71. The highest BCUT2D eigenvalue weighted by molar-refractivity contribution is 8.18. The van der Waals surface area contributed by atoms with Crippen LogP contribution in [0.25, 0.3) is 17.4 Å². The van der Waals surface area contributed by atoms with E-state index in [-0.39, 0.29) is 23.5 Å². The largest absolute Gasteiger partial charge is 0.457 e. The van der Waals surface area contributed by atoms with E-state index >= 15 is 0 Å². The lowest BCUT2D eigenvalue weighted by molar-refractivity contribution is -0.123. The monoisotopic (exact) mass is 379 g/mol. The Balaban J connectivity index is 1.54. The smallest absolute Gasteiger partial charge is 0.293 e. The number of furan rings is 1. The molecule has 2 aromatic carbocycles. The summed E-state index contributed by atoms with van der Waals surface area (Å²) in [4.78, 5) is 26.3. The number of halogens is 1. The van der Waals surface area contributed by atoms with E-state index in [1.807, 2.05) is 30.3 Å². The second kappa shape index (κ2) is 7.25. The van der Waals surface area contributed by atoms with Gasteiger partial charge in [-0.3, -0.25) is 14.5 Å². The second-order valence-corrected chi connectivity index (χ2v) is 6.96. The van der Waals surface area contributed by atoms with Crippen molar-refractivity contribution in [1.29, 1.82) is 0 Å². The summed E-state index contributed by atoms with van der Waals surface area (Å²) in [6, 6.07) is 18.8. The topological polar surface area (TPSA) is 50.5 Å². The lowest BCUT2D eigenvalue weighted by atomic mass is 10.2. The van der Waals surface area contributed by atoms with Crippen LogP contribution in [0.2, 0.25) is 0 Å². The number of hydrogen-bond donors (Lipinski definition) is 0. The Labute approximate surface area is 159 Å². The molecule has 0 unspecified atom stereocenters. The Morgan fingerprint density at radius 2 is 1.81 bits per heavy atom. The van der Waals surface area contributed by atoms with E-state index in [1.54, 1.807) is 30.3 Å². The van der Waals surface area contributed by atoms with Gasteiger partial charge in [0.1, 0.15) is 17.3 Å². The molecule has 27 heavy (non-hydrogen) atoms. The predicted molar refractivity (Wildman–Crippen MR) is 102 cm³/mol. The summed E-state index contributed by atoms with van der Waals surface area (Å²) < 4.78 is 19.0. The zero-order valence-corrected chi connectivity index (χ0v) is 14.9. The van der Waals surface area contributed by atoms with Crippen molar-refractivity contribution in [3.8, 4) is 11.3 Å². The summed E-state index contributed by atoms with van der Waals surface area (Å²) in [7, 11) is 0. The molecule has 4 nitrogen and oxygen atoms in total. The van der Waals surface area contributed by atoms with Gasteiger partial charge in [-0.15, -0.1) is 0 Å². The molecule has 0 bridgehead atoms. The van der Waals surface area contributed by atoms with Crippen molar-refractivity contribution in [1.82, 2.24) is 4.90 Å². The average Bonchev–Trinajstić information content (AvgIpc) is 3.23. The van der Waals surface area contributed by atoms with Gasteiger partial charge in [-0.2, -0.15) is 0 Å². The van der Waals surface area contributed by atoms with Gasteiger partial charge in [0.05, 0.1) is 11.4 Å². The number of imide groups is 1. The Morgan fingerprint density at radius 1 is 1.00 bits per heavy atom. The summed E-state index contributed by atoms with van der Waals surface area (Å²) in [6.07, 6.45) is 1.54.